The highest BCUT2D eigenvalue weighted by molar-refractivity contribution is 7.47. The first-order valence-electron chi connectivity index (χ1n) is 43.7. The van der Waals surface area contributed by atoms with E-state index < -0.39 is 97.5 Å². The summed E-state index contributed by atoms with van der Waals surface area (Å²) in [5.74, 6) is 1.02. The van der Waals surface area contributed by atoms with Gasteiger partial charge in [0.25, 0.3) is 0 Å². The van der Waals surface area contributed by atoms with Crippen LogP contribution in [-0.2, 0) is 65.4 Å². The lowest BCUT2D eigenvalue weighted by Crippen LogP contribution is -2.30. The van der Waals surface area contributed by atoms with Crippen molar-refractivity contribution in [3.05, 3.63) is 0 Å². The first-order valence-corrected chi connectivity index (χ1v) is 46.7. The fourth-order valence-corrected chi connectivity index (χ4v) is 14.7. The molecule has 6 atom stereocenters. The molecular weight excluding hydrogens is 1350 g/mol. The second kappa shape index (κ2) is 73.8. The van der Waals surface area contributed by atoms with Gasteiger partial charge < -0.3 is 33.8 Å². The van der Waals surface area contributed by atoms with Gasteiger partial charge in [-0.2, -0.15) is 0 Å². The Morgan fingerprint density at radius 3 is 0.683 bits per heavy atom. The molecule has 0 aromatic heterocycles. The molecule has 104 heavy (non-hydrogen) atoms. The molecule has 0 amide bonds. The van der Waals surface area contributed by atoms with Gasteiger partial charge in [-0.05, 0) is 49.4 Å². The molecule has 0 rings (SSSR count). The van der Waals surface area contributed by atoms with Crippen LogP contribution in [-0.4, -0.2) is 96.7 Å². The van der Waals surface area contributed by atoms with Crippen LogP contribution in [0.15, 0.2) is 0 Å². The Balaban J connectivity index is 5.21. The molecule has 0 aliphatic rings. The van der Waals surface area contributed by atoms with E-state index >= 15 is 0 Å². The quantitative estimate of drug-likeness (QED) is 0.0222. The van der Waals surface area contributed by atoms with Crippen molar-refractivity contribution in [2.45, 2.75) is 459 Å². The van der Waals surface area contributed by atoms with Crippen molar-refractivity contribution >= 4 is 39.5 Å². The molecule has 0 aliphatic heterocycles. The number of esters is 4. The third-order valence-corrected chi connectivity index (χ3v) is 22.1. The molecule has 618 valence electrons. The van der Waals surface area contributed by atoms with Crippen molar-refractivity contribution in [3.8, 4) is 0 Å². The van der Waals surface area contributed by atoms with E-state index in [2.05, 4.69) is 55.4 Å². The molecule has 0 radical (unpaired) electrons. The number of ether oxygens (including phenoxy) is 4. The van der Waals surface area contributed by atoms with Gasteiger partial charge in [-0.15, -0.1) is 0 Å². The molecule has 0 fully saturated rings. The maximum Gasteiger partial charge on any atom is 0.472 e. The summed E-state index contributed by atoms with van der Waals surface area (Å²) >= 11 is 0. The minimum absolute atomic E-state index is 0.106. The molecule has 0 aromatic carbocycles. The van der Waals surface area contributed by atoms with Crippen LogP contribution in [0.3, 0.4) is 0 Å². The summed E-state index contributed by atoms with van der Waals surface area (Å²) in [6.07, 6.45) is 62.6. The molecule has 0 aliphatic carbocycles. The van der Waals surface area contributed by atoms with Gasteiger partial charge in [-0.1, -0.05) is 389 Å². The van der Waals surface area contributed by atoms with Gasteiger partial charge >= 0.3 is 39.5 Å². The normalized spacial score (nSPS) is 14.2. The van der Waals surface area contributed by atoms with Crippen molar-refractivity contribution in [2.75, 3.05) is 39.6 Å². The highest BCUT2D eigenvalue weighted by Crippen LogP contribution is 2.45. The van der Waals surface area contributed by atoms with Gasteiger partial charge in [0.2, 0.25) is 0 Å². The van der Waals surface area contributed by atoms with Crippen LogP contribution in [0.2, 0.25) is 0 Å². The zero-order chi connectivity index (χ0) is 76.7. The Bertz CT molecular complexity index is 2030. The summed E-state index contributed by atoms with van der Waals surface area (Å²) in [5.41, 5.74) is 0. The van der Waals surface area contributed by atoms with Crippen LogP contribution < -0.4 is 0 Å². The van der Waals surface area contributed by atoms with Crippen LogP contribution in [0.25, 0.3) is 0 Å². The SMILES string of the molecule is CCC(C)CCCCCCCCCCCCCCCCCCCCC(=O)O[C@H](COC(=O)CCCCCCCCCCCCCCCCCC(C)C)COP(=O)(O)OC[C@@H](O)COP(=O)(O)OC[C@@H](COC(=O)CCCCCCCCC(C)C)OC(=O)CCCCCCCCCCCCCCC(C)C. The zero-order valence-electron chi connectivity index (χ0n) is 68.7. The van der Waals surface area contributed by atoms with E-state index in [1.54, 1.807) is 0 Å². The highest BCUT2D eigenvalue weighted by atomic mass is 31.2. The van der Waals surface area contributed by atoms with Gasteiger partial charge in [-0.25, -0.2) is 9.13 Å². The number of aliphatic hydroxyl groups is 1. The van der Waals surface area contributed by atoms with E-state index in [4.69, 9.17) is 37.0 Å². The van der Waals surface area contributed by atoms with Gasteiger partial charge in [0, 0.05) is 25.7 Å². The van der Waals surface area contributed by atoms with E-state index in [1.807, 2.05) is 0 Å². The van der Waals surface area contributed by atoms with Gasteiger partial charge in [0.05, 0.1) is 26.4 Å². The third-order valence-electron chi connectivity index (χ3n) is 20.2. The smallest absolute Gasteiger partial charge is 0.462 e. The molecule has 0 saturated carbocycles. The van der Waals surface area contributed by atoms with E-state index in [1.165, 1.54) is 238 Å². The lowest BCUT2D eigenvalue weighted by atomic mass is 9.99. The zero-order valence-corrected chi connectivity index (χ0v) is 70.5. The van der Waals surface area contributed by atoms with Gasteiger partial charge in [0.1, 0.15) is 19.3 Å². The fourth-order valence-electron chi connectivity index (χ4n) is 13.1. The van der Waals surface area contributed by atoms with Gasteiger partial charge in [0.15, 0.2) is 12.2 Å². The van der Waals surface area contributed by atoms with E-state index in [0.29, 0.717) is 31.6 Å². The largest absolute Gasteiger partial charge is 0.472 e. The van der Waals surface area contributed by atoms with Gasteiger partial charge in [-0.3, -0.25) is 37.3 Å². The van der Waals surface area contributed by atoms with Crippen molar-refractivity contribution in [1.29, 1.82) is 0 Å². The second-order valence-corrected chi connectivity index (χ2v) is 35.2. The average molecular weight is 1520 g/mol. The topological polar surface area (TPSA) is 237 Å². The number of phosphoric ester groups is 2. The Kier molecular flexibility index (Phi) is 72.5. The number of carbonyl (C=O) groups excluding carboxylic acids is 4. The summed E-state index contributed by atoms with van der Waals surface area (Å²) < 4.78 is 68.8. The number of aliphatic hydroxyl groups excluding tert-OH is 1. The lowest BCUT2D eigenvalue weighted by molar-refractivity contribution is -0.161. The lowest BCUT2D eigenvalue weighted by Gasteiger charge is -2.21. The monoisotopic (exact) mass is 1520 g/mol. The molecule has 0 bridgehead atoms. The minimum Gasteiger partial charge on any atom is -0.462 e. The summed E-state index contributed by atoms with van der Waals surface area (Å²) in [7, 11) is -9.93. The maximum atomic E-state index is 13.1. The van der Waals surface area contributed by atoms with Crippen molar-refractivity contribution in [1.82, 2.24) is 0 Å². The number of rotatable bonds is 82. The molecular formula is C85H166O17P2. The Morgan fingerprint density at radius 2 is 0.462 bits per heavy atom. The average Bonchev–Trinajstić information content (AvgIpc) is 0.910. The minimum atomic E-state index is -4.97. The van der Waals surface area contributed by atoms with Crippen LogP contribution >= 0.6 is 15.6 Å². The van der Waals surface area contributed by atoms with E-state index in [0.717, 1.165) is 114 Å². The summed E-state index contributed by atoms with van der Waals surface area (Å²) in [6.45, 7) is 14.3. The Hall–Kier alpha value is -1.94. The van der Waals surface area contributed by atoms with E-state index in [-0.39, 0.29) is 25.7 Å². The standard InChI is InChI=1S/C85H166O17P2/c1-9-78(8)64-56-48-39-33-27-20-16-12-10-11-13-17-22-29-35-41-51-59-67-84(89)101-80(71-95-82(87)65-57-49-40-34-28-21-18-14-15-19-25-31-37-45-53-61-75(2)3)73-99-103(91,92)97-69-79(86)70-98-104(93,94)100-74-81(72-96-83(88)66-58-50-44-43-47-55-63-77(6)7)102-85(90)68-60-52-42-36-30-24-23-26-32-38-46-54-62-76(4)5/h75-81,86H,9-74H2,1-8H3,(H,91,92)(H,93,94)/t78?,79-,80-,81-/m1/s1. The summed E-state index contributed by atoms with van der Waals surface area (Å²) in [5, 5.41) is 10.7. The van der Waals surface area contributed by atoms with Crippen LogP contribution in [0.4, 0.5) is 0 Å². The number of unbranched alkanes of at least 4 members (excludes halogenated alkanes) is 47. The highest BCUT2D eigenvalue weighted by Gasteiger charge is 2.30. The maximum absolute atomic E-state index is 13.1. The molecule has 0 heterocycles. The van der Waals surface area contributed by atoms with Crippen molar-refractivity contribution < 1.29 is 80.2 Å². The first kappa shape index (κ1) is 102. The number of hydrogen-bond donors (Lipinski definition) is 3. The molecule has 19 heteroatoms. The first-order chi connectivity index (χ1) is 50.1. The Labute approximate surface area is 638 Å². The van der Waals surface area contributed by atoms with E-state index in [9.17, 15) is 43.2 Å². The third kappa shape index (κ3) is 76.8. The predicted octanol–water partition coefficient (Wildman–Crippen LogP) is 25.6. The number of carbonyl (C=O) groups is 4. The van der Waals surface area contributed by atoms with Crippen LogP contribution in [0, 0.1) is 23.7 Å². The number of phosphoric acid groups is 2. The fraction of sp³-hybridized carbons (Fsp3) is 0.953. The molecule has 3 unspecified atom stereocenters. The van der Waals surface area contributed by atoms with Crippen molar-refractivity contribution in [3.63, 3.8) is 0 Å². The molecule has 0 saturated heterocycles. The van der Waals surface area contributed by atoms with Crippen molar-refractivity contribution in [2.24, 2.45) is 23.7 Å². The second-order valence-electron chi connectivity index (χ2n) is 32.2. The van der Waals surface area contributed by atoms with Crippen LogP contribution in [0.1, 0.15) is 441 Å². The molecule has 3 N–H and O–H groups in total. The molecule has 0 aromatic rings. The summed E-state index contributed by atoms with van der Waals surface area (Å²) in [4.78, 5) is 73.1. The molecule has 17 nitrogen and oxygen atoms in total. The number of hydrogen-bond acceptors (Lipinski definition) is 15. The summed E-state index contributed by atoms with van der Waals surface area (Å²) in [6, 6.07) is 0. The van der Waals surface area contributed by atoms with Crippen LogP contribution in [0.5, 0.6) is 0 Å². The molecule has 0 spiro atoms. The Morgan fingerprint density at radius 1 is 0.269 bits per heavy atom. The predicted molar refractivity (Wildman–Crippen MR) is 428 cm³/mol.